The van der Waals surface area contributed by atoms with Crippen molar-refractivity contribution in [2.75, 3.05) is 5.73 Å². The minimum atomic E-state index is -0.238. The number of carbonyl (C=O) groups excluding carboxylic acids is 1. The van der Waals surface area contributed by atoms with E-state index in [9.17, 15) is 4.79 Å². The Morgan fingerprint density at radius 1 is 1.37 bits per heavy atom. The normalized spacial score (nSPS) is 10.2. The molecule has 0 spiro atoms. The summed E-state index contributed by atoms with van der Waals surface area (Å²) in [7, 11) is 0. The van der Waals surface area contributed by atoms with E-state index in [2.05, 4.69) is 10.3 Å². The van der Waals surface area contributed by atoms with Crippen LogP contribution in [0.5, 0.6) is 0 Å². The predicted octanol–water partition coefficient (Wildman–Crippen LogP) is 2.56. The Morgan fingerprint density at radius 2 is 2.16 bits per heavy atom. The first-order valence-electron chi connectivity index (χ1n) is 5.81. The highest BCUT2D eigenvalue weighted by molar-refractivity contribution is 6.30. The molecule has 0 bridgehead atoms. The van der Waals surface area contributed by atoms with Crippen LogP contribution >= 0.6 is 11.6 Å². The van der Waals surface area contributed by atoms with Gasteiger partial charge >= 0.3 is 0 Å². The Bertz CT molecular complexity index is 596. The van der Waals surface area contributed by atoms with Crippen molar-refractivity contribution in [3.05, 3.63) is 58.4 Å². The van der Waals surface area contributed by atoms with Gasteiger partial charge in [0.15, 0.2) is 0 Å². The highest BCUT2D eigenvalue weighted by Gasteiger charge is 2.08. The van der Waals surface area contributed by atoms with Gasteiger partial charge in [-0.2, -0.15) is 0 Å². The SMILES string of the molecule is Cc1c(N)cccc1CNC(=O)c1ccc(Cl)cn1. The molecule has 4 nitrogen and oxygen atoms in total. The van der Waals surface area contributed by atoms with Crippen LogP contribution < -0.4 is 11.1 Å². The van der Waals surface area contributed by atoms with Crippen LogP contribution in [-0.2, 0) is 6.54 Å². The first kappa shape index (κ1) is 13.4. The molecular weight excluding hydrogens is 262 g/mol. The largest absolute Gasteiger partial charge is 0.399 e. The van der Waals surface area contributed by atoms with Crippen molar-refractivity contribution < 1.29 is 4.79 Å². The van der Waals surface area contributed by atoms with E-state index in [4.69, 9.17) is 17.3 Å². The molecule has 5 heteroatoms. The van der Waals surface area contributed by atoms with Gasteiger partial charge in [-0.05, 0) is 36.2 Å². The van der Waals surface area contributed by atoms with Crippen LogP contribution in [-0.4, -0.2) is 10.9 Å². The van der Waals surface area contributed by atoms with E-state index in [1.165, 1.54) is 6.20 Å². The Kier molecular flexibility index (Phi) is 4.02. The zero-order chi connectivity index (χ0) is 13.8. The summed E-state index contributed by atoms with van der Waals surface area (Å²) in [6.45, 7) is 2.34. The van der Waals surface area contributed by atoms with Crippen molar-refractivity contribution in [1.29, 1.82) is 0 Å². The second-order valence-electron chi connectivity index (χ2n) is 4.18. The fourth-order valence-electron chi connectivity index (χ4n) is 1.67. The van der Waals surface area contributed by atoms with Gasteiger partial charge in [-0.25, -0.2) is 4.98 Å². The summed E-state index contributed by atoms with van der Waals surface area (Å²) >= 11 is 5.72. The quantitative estimate of drug-likeness (QED) is 0.846. The number of rotatable bonds is 3. The summed E-state index contributed by atoms with van der Waals surface area (Å²) in [6.07, 6.45) is 1.45. The number of nitrogens with two attached hydrogens (primary N) is 1. The Hall–Kier alpha value is -2.07. The molecule has 3 N–H and O–H groups in total. The van der Waals surface area contributed by atoms with Gasteiger partial charge in [0.1, 0.15) is 5.69 Å². The zero-order valence-electron chi connectivity index (χ0n) is 10.5. The minimum absolute atomic E-state index is 0.238. The van der Waals surface area contributed by atoms with E-state index in [1.54, 1.807) is 12.1 Å². The average molecular weight is 276 g/mol. The van der Waals surface area contributed by atoms with Gasteiger partial charge in [0.2, 0.25) is 0 Å². The smallest absolute Gasteiger partial charge is 0.270 e. The number of nitrogens with one attached hydrogen (secondary N) is 1. The molecule has 1 amide bonds. The fourth-order valence-corrected chi connectivity index (χ4v) is 1.78. The van der Waals surface area contributed by atoms with Crippen LogP contribution in [0, 0.1) is 6.92 Å². The lowest BCUT2D eigenvalue weighted by molar-refractivity contribution is 0.0946. The maximum atomic E-state index is 11.9. The molecule has 0 saturated heterocycles. The molecule has 1 aromatic heterocycles. The molecule has 2 rings (SSSR count). The van der Waals surface area contributed by atoms with Crippen molar-refractivity contribution in [3.63, 3.8) is 0 Å². The lowest BCUT2D eigenvalue weighted by Crippen LogP contribution is -2.24. The number of hydrogen-bond acceptors (Lipinski definition) is 3. The molecule has 0 unspecified atom stereocenters. The van der Waals surface area contributed by atoms with Crippen LogP contribution in [0.15, 0.2) is 36.5 Å². The Labute approximate surface area is 116 Å². The lowest BCUT2D eigenvalue weighted by atomic mass is 10.1. The number of benzene rings is 1. The van der Waals surface area contributed by atoms with E-state index in [0.717, 1.165) is 16.8 Å². The van der Waals surface area contributed by atoms with Gasteiger partial charge in [-0.15, -0.1) is 0 Å². The van der Waals surface area contributed by atoms with E-state index in [1.807, 2.05) is 25.1 Å². The summed E-state index contributed by atoms with van der Waals surface area (Å²) in [4.78, 5) is 15.8. The van der Waals surface area contributed by atoms with Gasteiger partial charge in [0.05, 0.1) is 5.02 Å². The van der Waals surface area contributed by atoms with Crippen molar-refractivity contribution in [1.82, 2.24) is 10.3 Å². The summed E-state index contributed by atoms with van der Waals surface area (Å²) in [5, 5.41) is 3.31. The molecule has 98 valence electrons. The highest BCUT2D eigenvalue weighted by Crippen LogP contribution is 2.15. The lowest BCUT2D eigenvalue weighted by Gasteiger charge is -2.09. The highest BCUT2D eigenvalue weighted by atomic mass is 35.5. The molecule has 2 aromatic rings. The fraction of sp³-hybridized carbons (Fsp3) is 0.143. The summed E-state index contributed by atoms with van der Waals surface area (Å²) in [6, 6.07) is 8.85. The molecule has 0 radical (unpaired) electrons. The van der Waals surface area contributed by atoms with Crippen molar-refractivity contribution in [2.45, 2.75) is 13.5 Å². The standard InChI is InChI=1S/C14H14ClN3O/c1-9-10(3-2-4-12(9)16)7-18-14(19)13-6-5-11(15)8-17-13/h2-6,8H,7,16H2,1H3,(H,18,19). The third kappa shape index (κ3) is 3.23. The first-order chi connectivity index (χ1) is 9.08. The predicted molar refractivity (Wildman–Crippen MR) is 76.0 cm³/mol. The molecule has 0 fully saturated rings. The number of hydrogen-bond donors (Lipinski definition) is 2. The van der Waals surface area contributed by atoms with Gasteiger partial charge in [-0.3, -0.25) is 4.79 Å². The molecule has 0 aliphatic heterocycles. The molecule has 19 heavy (non-hydrogen) atoms. The monoisotopic (exact) mass is 275 g/mol. The van der Waals surface area contributed by atoms with Crippen LogP contribution in [0.25, 0.3) is 0 Å². The number of halogens is 1. The molecule has 1 aromatic carbocycles. The van der Waals surface area contributed by atoms with Crippen LogP contribution in [0.2, 0.25) is 5.02 Å². The number of pyridine rings is 1. The van der Waals surface area contributed by atoms with Crippen LogP contribution in [0.1, 0.15) is 21.6 Å². The zero-order valence-corrected chi connectivity index (χ0v) is 11.2. The minimum Gasteiger partial charge on any atom is -0.399 e. The van der Waals surface area contributed by atoms with Gasteiger partial charge in [0.25, 0.3) is 5.91 Å². The van der Waals surface area contributed by atoms with Crippen molar-refractivity contribution >= 4 is 23.2 Å². The van der Waals surface area contributed by atoms with Gasteiger partial charge < -0.3 is 11.1 Å². The topological polar surface area (TPSA) is 68.0 Å². The second kappa shape index (κ2) is 5.71. The van der Waals surface area contributed by atoms with Crippen LogP contribution in [0.4, 0.5) is 5.69 Å². The summed E-state index contributed by atoms with van der Waals surface area (Å²) in [5.41, 5.74) is 8.84. The number of amides is 1. The molecule has 1 heterocycles. The third-order valence-electron chi connectivity index (χ3n) is 2.89. The molecule has 0 aliphatic carbocycles. The number of nitrogens with zero attached hydrogens (tertiary/aromatic N) is 1. The van der Waals surface area contributed by atoms with E-state index in [0.29, 0.717) is 17.3 Å². The molecular formula is C14H14ClN3O. The van der Waals surface area contributed by atoms with Crippen LogP contribution in [0.3, 0.4) is 0 Å². The average Bonchev–Trinajstić information content (AvgIpc) is 2.41. The van der Waals surface area contributed by atoms with Crippen molar-refractivity contribution in [2.24, 2.45) is 0 Å². The molecule has 0 atom stereocenters. The van der Waals surface area contributed by atoms with Crippen molar-refractivity contribution in [3.8, 4) is 0 Å². The summed E-state index contributed by atoms with van der Waals surface area (Å²) in [5.74, 6) is -0.238. The Balaban J connectivity index is 2.04. The first-order valence-corrected chi connectivity index (χ1v) is 6.19. The number of anilines is 1. The number of nitrogen functional groups attached to an aromatic ring is 1. The second-order valence-corrected chi connectivity index (χ2v) is 4.61. The molecule has 0 saturated carbocycles. The maximum Gasteiger partial charge on any atom is 0.270 e. The number of aromatic nitrogens is 1. The van der Waals surface area contributed by atoms with Gasteiger partial charge in [0, 0.05) is 18.4 Å². The van der Waals surface area contributed by atoms with E-state index >= 15 is 0 Å². The van der Waals surface area contributed by atoms with Gasteiger partial charge in [-0.1, -0.05) is 23.7 Å². The summed E-state index contributed by atoms with van der Waals surface area (Å²) < 4.78 is 0. The van der Waals surface area contributed by atoms with E-state index < -0.39 is 0 Å². The van der Waals surface area contributed by atoms with E-state index in [-0.39, 0.29) is 5.91 Å². The third-order valence-corrected chi connectivity index (χ3v) is 3.11. The molecule has 0 aliphatic rings. The number of carbonyl (C=O) groups is 1. The Morgan fingerprint density at radius 3 is 2.84 bits per heavy atom. The maximum absolute atomic E-state index is 11.9.